The molecule has 1 aliphatic rings. The van der Waals surface area contributed by atoms with E-state index in [1.165, 1.54) is 6.07 Å². The fraction of sp³-hybridized carbons (Fsp3) is 0.350. The molecule has 0 bridgehead atoms. The van der Waals surface area contributed by atoms with Gasteiger partial charge in [0.05, 0.1) is 18.1 Å². The van der Waals surface area contributed by atoms with E-state index in [-0.39, 0.29) is 4.90 Å². The molecule has 0 unspecified atom stereocenters. The monoisotopic (exact) mass is 404 g/mol. The molecule has 0 aliphatic carbocycles. The summed E-state index contributed by atoms with van der Waals surface area (Å²) in [5, 5.41) is 8.90. The molecular formula is C20H24N2O5S. The second-order valence-corrected chi connectivity index (χ2v) is 8.42. The summed E-state index contributed by atoms with van der Waals surface area (Å²) < 4.78 is 32.7. The van der Waals surface area contributed by atoms with Gasteiger partial charge in [-0.15, -0.1) is 0 Å². The van der Waals surface area contributed by atoms with Crippen molar-refractivity contribution < 1.29 is 23.1 Å². The Hall–Kier alpha value is -2.26. The van der Waals surface area contributed by atoms with Gasteiger partial charge in [0.2, 0.25) is 0 Å². The second kappa shape index (κ2) is 8.83. The minimum absolute atomic E-state index is 0.00359. The number of aryl methyl sites for hydroxylation is 1. The lowest BCUT2D eigenvalue weighted by Crippen LogP contribution is -2.35. The first-order chi connectivity index (χ1) is 13.4. The van der Waals surface area contributed by atoms with E-state index >= 15 is 0 Å². The van der Waals surface area contributed by atoms with E-state index in [1.54, 1.807) is 6.07 Å². The van der Waals surface area contributed by atoms with Crippen LogP contribution >= 0.6 is 0 Å². The van der Waals surface area contributed by atoms with Crippen molar-refractivity contribution in [2.45, 2.75) is 18.4 Å². The number of sulfonamides is 1. The van der Waals surface area contributed by atoms with Crippen LogP contribution in [0.2, 0.25) is 0 Å². The highest BCUT2D eigenvalue weighted by Crippen LogP contribution is 2.29. The van der Waals surface area contributed by atoms with Crippen LogP contribution < -0.4 is 4.72 Å². The van der Waals surface area contributed by atoms with Gasteiger partial charge in [-0.05, 0) is 30.2 Å². The number of aliphatic hydroxyl groups excluding tert-OH is 1. The van der Waals surface area contributed by atoms with Gasteiger partial charge in [0.1, 0.15) is 6.61 Å². The predicted molar refractivity (Wildman–Crippen MR) is 105 cm³/mol. The number of hydrogen-bond donors (Lipinski definition) is 2. The van der Waals surface area contributed by atoms with E-state index in [4.69, 9.17) is 9.84 Å². The van der Waals surface area contributed by atoms with Crippen molar-refractivity contribution in [1.82, 2.24) is 9.62 Å². The van der Waals surface area contributed by atoms with E-state index in [0.717, 1.165) is 29.8 Å². The summed E-state index contributed by atoms with van der Waals surface area (Å²) in [6, 6.07) is 12.6. The zero-order valence-corrected chi connectivity index (χ0v) is 16.5. The number of ether oxygens (including phenoxy) is 1. The van der Waals surface area contributed by atoms with Crippen molar-refractivity contribution in [2.24, 2.45) is 0 Å². The maximum absolute atomic E-state index is 12.7. The SMILES string of the molecule is Cc1ccc(-c2cc(CN3CCOCC3)ccc2S(=O)(=O)NC(=O)CO)cc1. The highest BCUT2D eigenvalue weighted by Gasteiger charge is 2.22. The van der Waals surface area contributed by atoms with Gasteiger partial charge in [0.25, 0.3) is 15.9 Å². The maximum atomic E-state index is 12.7. The molecule has 1 amide bonds. The smallest absolute Gasteiger partial charge is 0.264 e. The Balaban J connectivity index is 2.00. The summed E-state index contributed by atoms with van der Waals surface area (Å²) in [6.45, 7) is 4.77. The molecule has 0 spiro atoms. The van der Waals surface area contributed by atoms with Crippen LogP contribution in [0.25, 0.3) is 11.1 Å². The number of amides is 1. The normalized spacial score (nSPS) is 15.4. The van der Waals surface area contributed by atoms with E-state index in [1.807, 2.05) is 42.0 Å². The molecule has 1 fully saturated rings. The van der Waals surface area contributed by atoms with Gasteiger partial charge >= 0.3 is 0 Å². The Bertz CT molecular complexity index is 936. The number of benzene rings is 2. The molecule has 0 radical (unpaired) electrons. The number of morpholine rings is 1. The third kappa shape index (κ3) is 4.96. The first kappa shape index (κ1) is 20.5. The number of aliphatic hydroxyl groups is 1. The number of carbonyl (C=O) groups is 1. The van der Waals surface area contributed by atoms with E-state index in [2.05, 4.69) is 4.90 Å². The van der Waals surface area contributed by atoms with Gasteiger partial charge in [-0.3, -0.25) is 9.69 Å². The average molecular weight is 404 g/mol. The molecule has 3 rings (SSSR count). The molecule has 1 saturated heterocycles. The predicted octanol–water partition coefficient (Wildman–Crippen LogP) is 1.29. The van der Waals surface area contributed by atoms with Crippen LogP contribution in [0.1, 0.15) is 11.1 Å². The van der Waals surface area contributed by atoms with Crippen LogP contribution in [-0.4, -0.2) is 57.2 Å². The molecule has 1 aliphatic heterocycles. The molecular weight excluding hydrogens is 380 g/mol. The summed E-state index contributed by atoms with van der Waals surface area (Å²) in [5.74, 6) is -0.966. The number of carbonyl (C=O) groups excluding carboxylic acids is 1. The van der Waals surface area contributed by atoms with Gasteiger partial charge in [-0.1, -0.05) is 35.9 Å². The highest BCUT2D eigenvalue weighted by atomic mass is 32.2. The Kier molecular flexibility index (Phi) is 6.46. The summed E-state index contributed by atoms with van der Waals surface area (Å²) in [4.78, 5) is 13.7. The van der Waals surface area contributed by atoms with Crippen molar-refractivity contribution >= 4 is 15.9 Å². The minimum atomic E-state index is -4.10. The average Bonchev–Trinajstić information content (AvgIpc) is 2.69. The summed E-state index contributed by atoms with van der Waals surface area (Å²) in [5.41, 5.74) is 3.30. The Labute approximate surface area is 165 Å². The largest absolute Gasteiger partial charge is 0.387 e. The molecule has 0 saturated carbocycles. The fourth-order valence-electron chi connectivity index (χ4n) is 3.12. The third-order valence-electron chi connectivity index (χ3n) is 4.60. The van der Waals surface area contributed by atoms with Crippen LogP contribution in [0.15, 0.2) is 47.4 Å². The van der Waals surface area contributed by atoms with Crippen molar-refractivity contribution in [2.75, 3.05) is 32.9 Å². The number of rotatable bonds is 6. The van der Waals surface area contributed by atoms with Gasteiger partial charge in [0, 0.05) is 25.2 Å². The molecule has 1 heterocycles. The number of nitrogens with one attached hydrogen (secondary N) is 1. The summed E-state index contributed by atoms with van der Waals surface area (Å²) >= 11 is 0. The van der Waals surface area contributed by atoms with Crippen LogP contribution in [0.3, 0.4) is 0 Å². The van der Waals surface area contributed by atoms with Crippen LogP contribution in [-0.2, 0) is 26.1 Å². The number of hydrogen-bond acceptors (Lipinski definition) is 6. The van der Waals surface area contributed by atoms with Crippen molar-refractivity contribution in [3.63, 3.8) is 0 Å². The second-order valence-electron chi connectivity index (χ2n) is 6.77. The summed E-state index contributed by atoms with van der Waals surface area (Å²) in [7, 11) is -4.10. The van der Waals surface area contributed by atoms with Crippen molar-refractivity contribution in [3.8, 4) is 11.1 Å². The van der Waals surface area contributed by atoms with Gasteiger partial charge in [-0.2, -0.15) is 0 Å². The third-order valence-corrected chi connectivity index (χ3v) is 6.03. The van der Waals surface area contributed by atoms with Crippen molar-refractivity contribution in [1.29, 1.82) is 0 Å². The molecule has 7 nitrogen and oxygen atoms in total. The summed E-state index contributed by atoms with van der Waals surface area (Å²) in [6.07, 6.45) is 0. The lowest BCUT2D eigenvalue weighted by molar-refractivity contribution is -0.122. The topological polar surface area (TPSA) is 95.9 Å². The lowest BCUT2D eigenvalue weighted by atomic mass is 10.0. The maximum Gasteiger partial charge on any atom is 0.264 e. The van der Waals surface area contributed by atoms with Crippen molar-refractivity contribution in [3.05, 3.63) is 53.6 Å². The molecule has 2 N–H and O–H groups in total. The molecule has 0 aromatic heterocycles. The zero-order chi connectivity index (χ0) is 20.1. The first-order valence-electron chi connectivity index (χ1n) is 9.05. The Morgan fingerprint density at radius 1 is 1.14 bits per heavy atom. The Morgan fingerprint density at radius 2 is 1.82 bits per heavy atom. The molecule has 2 aromatic carbocycles. The molecule has 0 atom stereocenters. The van der Waals surface area contributed by atoms with E-state index in [9.17, 15) is 13.2 Å². The number of nitrogens with zero attached hydrogens (tertiary/aromatic N) is 1. The highest BCUT2D eigenvalue weighted by molar-refractivity contribution is 7.90. The zero-order valence-electron chi connectivity index (χ0n) is 15.7. The fourth-order valence-corrected chi connectivity index (χ4v) is 4.31. The van der Waals surface area contributed by atoms with Gasteiger partial charge in [0.15, 0.2) is 0 Å². The molecule has 8 heteroatoms. The minimum Gasteiger partial charge on any atom is -0.387 e. The van der Waals surface area contributed by atoms with E-state index in [0.29, 0.717) is 25.3 Å². The quantitative estimate of drug-likeness (QED) is 0.753. The van der Waals surface area contributed by atoms with Crippen LogP contribution in [0.4, 0.5) is 0 Å². The molecule has 150 valence electrons. The standard InChI is InChI=1S/C20H24N2O5S/c1-15-2-5-17(6-3-15)18-12-16(13-22-8-10-27-11-9-22)4-7-19(18)28(25,26)21-20(24)14-23/h2-7,12,23H,8-11,13-14H2,1H3,(H,21,24). The van der Waals surface area contributed by atoms with Gasteiger partial charge < -0.3 is 9.84 Å². The van der Waals surface area contributed by atoms with E-state index < -0.39 is 22.5 Å². The van der Waals surface area contributed by atoms with Gasteiger partial charge in [-0.25, -0.2) is 13.1 Å². The molecule has 2 aromatic rings. The molecule has 28 heavy (non-hydrogen) atoms. The lowest BCUT2D eigenvalue weighted by Gasteiger charge is -2.27. The Morgan fingerprint density at radius 3 is 2.46 bits per heavy atom. The first-order valence-corrected chi connectivity index (χ1v) is 10.5. The van der Waals surface area contributed by atoms with Crippen LogP contribution in [0.5, 0.6) is 0 Å². The van der Waals surface area contributed by atoms with Crippen LogP contribution in [0, 0.1) is 6.92 Å².